The number of carboxylic acid groups (broad SMARTS) is 1. The summed E-state index contributed by atoms with van der Waals surface area (Å²) in [5, 5.41) is 8.97. The minimum absolute atomic E-state index is 0.0244. The van der Waals surface area contributed by atoms with Gasteiger partial charge in [-0.15, -0.1) is 11.8 Å². The average molecular weight is 300 g/mol. The van der Waals surface area contributed by atoms with Gasteiger partial charge >= 0.3 is 5.97 Å². The van der Waals surface area contributed by atoms with E-state index in [9.17, 15) is 9.59 Å². The van der Waals surface area contributed by atoms with Crippen molar-refractivity contribution >= 4 is 23.6 Å². The molecular weight excluding hydrogens is 276 g/mol. The fourth-order valence-corrected chi connectivity index (χ4v) is 3.08. The monoisotopic (exact) mass is 300 g/mol. The molecule has 1 amide bonds. The van der Waals surface area contributed by atoms with Gasteiger partial charge in [-0.1, -0.05) is 6.08 Å². The first-order valence-corrected chi connectivity index (χ1v) is 7.90. The highest BCUT2D eigenvalue weighted by Gasteiger charge is 2.33. The van der Waals surface area contributed by atoms with Gasteiger partial charge in [-0.2, -0.15) is 0 Å². The third-order valence-corrected chi connectivity index (χ3v) is 4.95. The predicted octanol–water partition coefficient (Wildman–Crippen LogP) is 1.83. The van der Waals surface area contributed by atoms with Gasteiger partial charge in [-0.3, -0.25) is 9.59 Å². The molecule has 0 spiro atoms. The van der Waals surface area contributed by atoms with Crippen molar-refractivity contribution in [2.75, 3.05) is 12.3 Å². The summed E-state index contributed by atoms with van der Waals surface area (Å²) < 4.78 is -0.676. The van der Waals surface area contributed by atoms with Gasteiger partial charge in [0.1, 0.15) is 6.04 Å². The zero-order valence-electron chi connectivity index (χ0n) is 12.4. The molecule has 0 radical (unpaired) electrons. The zero-order valence-corrected chi connectivity index (χ0v) is 13.2. The Morgan fingerprint density at radius 2 is 2.20 bits per heavy atom. The van der Waals surface area contributed by atoms with Gasteiger partial charge in [0.15, 0.2) is 0 Å². The van der Waals surface area contributed by atoms with Gasteiger partial charge in [0, 0.05) is 17.0 Å². The Kier molecular flexibility index (Phi) is 6.07. The van der Waals surface area contributed by atoms with Crippen molar-refractivity contribution in [2.24, 2.45) is 5.73 Å². The van der Waals surface area contributed by atoms with Crippen LogP contribution in [0.4, 0.5) is 0 Å². The van der Waals surface area contributed by atoms with Crippen LogP contribution in [-0.4, -0.2) is 45.0 Å². The maximum absolute atomic E-state index is 12.3. The first-order chi connectivity index (χ1) is 9.29. The van der Waals surface area contributed by atoms with Crippen LogP contribution in [0.3, 0.4) is 0 Å². The third-order valence-electron chi connectivity index (χ3n) is 3.56. The molecule has 20 heavy (non-hydrogen) atoms. The summed E-state index contributed by atoms with van der Waals surface area (Å²) in [5.74, 6) is -0.767. The van der Waals surface area contributed by atoms with Gasteiger partial charge in [0.25, 0.3) is 0 Å². The maximum Gasteiger partial charge on any atom is 0.321 e. The van der Waals surface area contributed by atoms with Crippen LogP contribution in [0.1, 0.15) is 40.0 Å². The molecule has 3 N–H and O–H groups in total. The van der Waals surface area contributed by atoms with E-state index < -0.39 is 16.8 Å². The number of nitrogens with zero attached hydrogens (tertiary/aromatic N) is 1. The predicted molar refractivity (Wildman–Crippen MR) is 81.5 cm³/mol. The quantitative estimate of drug-likeness (QED) is 0.749. The van der Waals surface area contributed by atoms with E-state index in [1.165, 1.54) is 11.8 Å². The molecule has 0 aromatic carbocycles. The number of hydrogen-bond acceptors (Lipinski definition) is 4. The summed E-state index contributed by atoms with van der Waals surface area (Å²) in [7, 11) is 0. The van der Waals surface area contributed by atoms with E-state index in [2.05, 4.69) is 6.08 Å². The largest absolute Gasteiger partial charge is 0.480 e. The van der Waals surface area contributed by atoms with Crippen molar-refractivity contribution in [1.29, 1.82) is 0 Å². The molecule has 5 nitrogen and oxygen atoms in total. The highest BCUT2D eigenvalue weighted by atomic mass is 32.2. The normalized spacial score (nSPS) is 16.7. The van der Waals surface area contributed by atoms with Crippen molar-refractivity contribution in [3.63, 3.8) is 0 Å². The molecule has 0 unspecified atom stereocenters. The van der Waals surface area contributed by atoms with Crippen molar-refractivity contribution in [3.05, 3.63) is 11.8 Å². The van der Waals surface area contributed by atoms with Crippen molar-refractivity contribution in [1.82, 2.24) is 4.90 Å². The lowest BCUT2D eigenvalue weighted by molar-refractivity contribution is -0.139. The van der Waals surface area contributed by atoms with Crippen LogP contribution in [0, 0.1) is 0 Å². The minimum atomic E-state index is -1.04. The fourth-order valence-electron chi connectivity index (χ4n) is 2.15. The van der Waals surface area contributed by atoms with Gasteiger partial charge < -0.3 is 15.7 Å². The van der Waals surface area contributed by atoms with Crippen LogP contribution < -0.4 is 5.73 Å². The van der Waals surface area contributed by atoms with Crippen LogP contribution in [-0.2, 0) is 9.59 Å². The van der Waals surface area contributed by atoms with Crippen molar-refractivity contribution < 1.29 is 14.7 Å². The highest BCUT2D eigenvalue weighted by Crippen LogP contribution is 2.29. The topological polar surface area (TPSA) is 83.6 Å². The number of amides is 1. The Labute approximate surface area is 124 Å². The summed E-state index contributed by atoms with van der Waals surface area (Å²) in [6.45, 7) is 6.12. The Bertz CT molecular complexity index is 407. The van der Waals surface area contributed by atoms with Gasteiger partial charge in [-0.05, 0) is 40.0 Å². The molecule has 1 aliphatic carbocycles. The second kappa shape index (κ2) is 7.13. The molecule has 0 aromatic heterocycles. The molecule has 1 atom stereocenters. The number of rotatable bonds is 7. The number of allylic oxidation sites excluding steroid dienone is 2. The molecule has 0 bridgehead atoms. The lowest BCUT2D eigenvalue weighted by Gasteiger charge is -2.29. The molecule has 0 aromatic rings. The minimum Gasteiger partial charge on any atom is -0.480 e. The van der Waals surface area contributed by atoms with E-state index in [1.807, 2.05) is 6.92 Å². The van der Waals surface area contributed by atoms with Crippen LogP contribution >= 0.6 is 11.8 Å². The number of carbonyl (C=O) groups is 2. The molecule has 0 fully saturated rings. The fraction of sp³-hybridized carbons (Fsp3) is 0.714. The van der Waals surface area contributed by atoms with E-state index in [1.54, 1.807) is 18.7 Å². The number of carbonyl (C=O) groups excluding carboxylic acids is 1. The highest BCUT2D eigenvalue weighted by molar-refractivity contribution is 8.01. The number of thioether (sulfide) groups is 1. The van der Waals surface area contributed by atoms with Crippen molar-refractivity contribution in [3.8, 4) is 0 Å². The third kappa shape index (κ3) is 4.24. The van der Waals surface area contributed by atoms with Gasteiger partial charge in [-0.25, -0.2) is 0 Å². The Morgan fingerprint density at radius 3 is 2.65 bits per heavy atom. The maximum atomic E-state index is 12.3. The lowest BCUT2D eigenvalue weighted by atomic mass is 10.1. The summed E-state index contributed by atoms with van der Waals surface area (Å²) >= 11 is 1.30. The van der Waals surface area contributed by atoms with E-state index in [0.717, 1.165) is 25.0 Å². The second-order valence-electron chi connectivity index (χ2n) is 5.43. The number of hydrogen-bond donors (Lipinski definition) is 2. The number of nitrogens with two attached hydrogens (primary N) is 1. The SMILES string of the molecule is CCN(C(=O)CSC(C)(C)[C@H](N)C(=O)O)C1=CCCC1. The molecule has 114 valence electrons. The van der Waals surface area contributed by atoms with Crippen LogP contribution in [0.5, 0.6) is 0 Å². The molecule has 0 saturated heterocycles. The molecular formula is C14H24N2O3S. The number of aliphatic carboxylic acids is 1. The first-order valence-electron chi connectivity index (χ1n) is 6.91. The smallest absolute Gasteiger partial charge is 0.321 e. The van der Waals surface area contributed by atoms with E-state index >= 15 is 0 Å². The first kappa shape index (κ1) is 17.0. The van der Waals surface area contributed by atoms with Crippen molar-refractivity contribution in [2.45, 2.75) is 50.8 Å². The second-order valence-corrected chi connectivity index (χ2v) is 7.06. The zero-order chi connectivity index (χ0) is 15.3. The molecule has 0 aliphatic heterocycles. The molecule has 0 saturated carbocycles. The van der Waals surface area contributed by atoms with E-state index in [4.69, 9.17) is 10.8 Å². The van der Waals surface area contributed by atoms with Crippen LogP contribution in [0.15, 0.2) is 11.8 Å². The lowest BCUT2D eigenvalue weighted by Crippen LogP contribution is -2.47. The molecule has 0 heterocycles. The van der Waals surface area contributed by atoms with E-state index in [0.29, 0.717) is 6.54 Å². The Hall–Kier alpha value is -1.01. The standard InChI is InChI=1S/C14H24N2O3S/c1-4-16(10-7-5-6-8-10)11(17)9-20-14(2,3)12(15)13(18)19/h7,12H,4-6,8-9,15H2,1-3H3,(H,18,19)/t12-/m1/s1. The molecule has 1 rings (SSSR count). The molecule has 6 heteroatoms. The summed E-state index contributed by atoms with van der Waals surface area (Å²) in [5.41, 5.74) is 6.75. The van der Waals surface area contributed by atoms with Gasteiger partial charge in [0.2, 0.25) is 5.91 Å². The Morgan fingerprint density at radius 1 is 1.55 bits per heavy atom. The Balaban J connectivity index is 2.59. The van der Waals surface area contributed by atoms with Gasteiger partial charge in [0.05, 0.1) is 5.75 Å². The summed E-state index contributed by atoms with van der Waals surface area (Å²) in [4.78, 5) is 25.0. The summed E-state index contributed by atoms with van der Waals surface area (Å²) in [6, 6.07) is -0.985. The van der Waals surface area contributed by atoms with E-state index in [-0.39, 0.29) is 11.7 Å². The van der Waals surface area contributed by atoms with Crippen LogP contribution in [0.25, 0.3) is 0 Å². The summed E-state index contributed by atoms with van der Waals surface area (Å²) in [6.07, 6.45) is 5.19. The molecule has 1 aliphatic rings. The van der Waals surface area contributed by atoms with Crippen LogP contribution in [0.2, 0.25) is 0 Å². The number of carboxylic acids is 1. The average Bonchev–Trinajstić information content (AvgIpc) is 2.90.